The van der Waals surface area contributed by atoms with E-state index in [0.717, 1.165) is 15.3 Å². The number of aromatic nitrogens is 1. The van der Waals surface area contributed by atoms with Crippen molar-refractivity contribution >= 4 is 33.3 Å². The molecule has 0 unspecified atom stereocenters. The first-order chi connectivity index (χ1) is 15.3. The Morgan fingerprint density at radius 3 is 2.41 bits per heavy atom. The minimum Gasteiger partial charge on any atom is -0.360 e. The van der Waals surface area contributed by atoms with Gasteiger partial charge in [0.15, 0.2) is 5.76 Å². The molecular weight excluding hydrogens is 453 g/mol. The lowest BCUT2D eigenvalue weighted by Crippen LogP contribution is -2.50. The Balaban J connectivity index is 1.37. The second kappa shape index (κ2) is 8.97. The van der Waals surface area contributed by atoms with E-state index >= 15 is 0 Å². The zero-order valence-corrected chi connectivity index (χ0v) is 19.2. The maximum Gasteiger partial charge on any atom is 0.248 e. The maximum atomic E-state index is 13.1. The number of aryl methyl sites for hydroxylation is 2. The summed E-state index contributed by atoms with van der Waals surface area (Å²) < 4.78 is 45.3. The molecule has 0 bridgehead atoms. The Morgan fingerprint density at radius 1 is 1.09 bits per heavy atom. The average molecular weight is 476 g/mol. The van der Waals surface area contributed by atoms with Crippen LogP contribution in [-0.2, 0) is 14.8 Å². The number of amides is 1. The van der Waals surface area contributed by atoms with Crippen LogP contribution in [0.25, 0.3) is 16.5 Å². The third kappa shape index (κ3) is 4.52. The van der Waals surface area contributed by atoms with Gasteiger partial charge < -0.3 is 9.42 Å². The monoisotopic (exact) mass is 475 g/mol. The molecule has 1 aromatic carbocycles. The number of hydrogen-bond acceptors (Lipinski definition) is 6. The molecule has 1 saturated heterocycles. The molecule has 1 fully saturated rings. The number of thiophene rings is 1. The average Bonchev–Trinajstić information content (AvgIpc) is 3.39. The Bertz CT molecular complexity index is 1240. The molecular formula is C22H22FN3O4S2. The van der Waals surface area contributed by atoms with Gasteiger partial charge in [-0.3, -0.25) is 4.79 Å². The normalized spacial score (nSPS) is 15.5. The number of piperazine rings is 1. The van der Waals surface area contributed by atoms with Crippen LogP contribution in [0.15, 0.2) is 51.9 Å². The number of benzene rings is 1. The third-order valence-corrected chi connectivity index (χ3v) is 8.51. The summed E-state index contributed by atoms with van der Waals surface area (Å²) in [5, 5.41) is 3.73. The topological polar surface area (TPSA) is 83.7 Å². The van der Waals surface area contributed by atoms with Crippen molar-refractivity contribution in [1.29, 1.82) is 0 Å². The Morgan fingerprint density at radius 2 is 1.78 bits per heavy atom. The smallest absolute Gasteiger partial charge is 0.248 e. The highest BCUT2D eigenvalue weighted by molar-refractivity contribution is 7.89. The summed E-state index contributed by atoms with van der Waals surface area (Å²) in [6, 6.07) is 10.1. The number of nitrogens with zero attached hydrogens (tertiary/aromatic N) is 3. The van der Waals surface area contributed by atoms with E-state index in [1.165, 1.54) is 33.9 Å². The molecule has 0 aliphatic carbocycles. The van der Waals surface area contributed by atoms with E-state index in [2.05, 4.69) is 5.16 Å². The van der Waals surface area contributed by atoms with E-state index in [4.69, 9.17) is 4.52 Å². The van der Waals surface area contributed by atoms with Crippen LogP contribution in [0.4, 0.5) is 4.39 Å². The summed E-state index contributed by atoms with van der Waals surface area (Å²) >= 11 is 1.50. The van der Waals surface area contributed by atoms with Crippen LogP contribution in [0, 0.1) is 19.7 Å². The molecule has 3 aromatic rings. The molecule has 2 aromatic heterocycles. The Kier molecular flexibility index (Phi) is 6.27. The van der Waals surface area contributed by atoms with Gasteiger partial charge in [-0.25, -0.2) is 12.8 Å². The van der Waals surface area contributed by atoms with E-state index in [9.17, 15) is 17.6 Å². The van der Waals surface area contributed by atoms with Crippen molar-refractivity contribution in [2.45, 2.75) is 18.7 Å². The molecule has 0 radical (unpaired) electrons. The summed E-state index contributed by atoms with van der Waals surface area (Å²) in [7, 11) is -3.71. The molecule has 0 N–H and O–H groups in total. The first-order valence-electron chi connectivity index (χ1n) is 10.0. The fourth-order valence-electron chi connectivity index (χ4n) is 3.59. The molecule has 0 spiro atoms. The quantitative estimate of drug-likeness (QED) is 0.526. The van der Waals surface area contributed by atoms with Crippen molar-refractivity contribution < 1.29 is 22.1 Å². The van der Waals surface area contributed by atoms with Gasteiger partial charge in [-0.05, 0) is 49.8 Å². The standard InChI is InChI=1S/C22H22FN3O4S2/c1-15-22(16(2)30-24-15)32(28,29)26-13-11-25(12-14-26)21(27)10-8-19-7-9-20(31-19)17-3-5-18(23)6-4-17/h3-10H,11-14H2,1-2H3/b10-8+. The van der Waals surface area contributed by atoms with E-state index in [-0.39, 0.29) is 35.5 Å². The molecule has 0 atom stereocenters. The maximum absolute atomic E-state index is 13.1. The molecule has 7 nitrogen and oxygen atoms in total. The van der Waals surface area contributed by atoms with Gasteiger partial charge >= 0.3 is 0 Å². The second-order valence-corrected chi connectivity index (χ2v) is 10.4. The SMILES string of the molecule is Cc1noc(C)c1S(=O)(=O)N1CCN(C(=O)/C=C/c2ccc(-c3ccc(F)cc3)s2)CC1. The zero-order valence-electron chi connectivity index (χ0n) is 17.6. The van der Waals surface area contributed by atoms with Gasteiger partial charge in [0, 0.05) is 42.0 Å². The van der Waals surface area contributed by atoms with E-state index < -0.39 is 10.0 Å². The summed E-state index contributed by atoms with van der Waals surface area (Å²) in [6.45, 7) is 4.19. The number of halogens is 1. The lowest BCUT2D eigenvalue weighted by Gasteiger charge is -2.33. The number of rotatable bonds is 5. The summed E-state index contributed by atoms with van der Waals surface area (Å²) in [4.78, 5) is 16.2. The highest BCUT2D eigenvalue weighted by Gasteiger charge is 2.33. The van der Waals surface area contributed by atoms with Crippen molar-refractivity contribution in [1.82, 2.24) is 14.4 Å². The highest BCUT2D eigenvalue weighted by atomic mass is 32.2. The van der Waals surface area contributed by atoms with E-state index in [1.54, 1.807) is 37.0 Å². The van der Waals surface area contributed by atoms with Crippen molar-refractivity contribution in [3.05, 3.63) is 64.6 Å². The molecule has 168 valence electrons. The first-order valence-corrected chi connectivity index (χ1v) is 12.3. The number of hydrogen-bond donors (Lipinski definition) is 0. The van der Waals surface area contributed by atoms with Gasteiger partial charge in [0.05, 0.1) is 0 Å². The lowest BCUT2D eigenvalue weighted by molar-refractivity contribution is -0.127. The minimum atomic E-state index is -3.71. The molecule has 4 rings (SSSR count). The van der Waals surface area contributed by atoms with Crippen LogP contribution >= 0.6 is 11.3 Å². The van der Waals surface area contributed by atoms with Crippen LogP contribution in [0.2, 0.25) is 0 Å². The Hall–Kier alpha value is -2.82. The van der Waals surface area contributed by atoms with Crippen molar-refractivity contribution in [2.75, 3.05) is 26.2 Å². The first kappa shape index (κ1) is 22.4. The van der Waals surface area contributed by atoms with Gasteiger partial charge in [-0.2, -0.15) is 4.31 Å². The highest BCUT2D eigenvalue weighted by Crippen LogP contribution is 2.29. The van der Waals surface area contributed by atoms with Crippen LogP contribution in [-0.4, -0.2) is 54.9 Å². The van der Waals surface area contributed by atoms with Crippen LogP contribution in [0.5, 0.6) is 0 Å². The zero-order chi connectivity index (χ0) is 22.9. The molecule has 3 heterocycles. The third-order valence-electron chi connectivity index (χ3n) is 5.26. The molecule has 32 heavy (non-hydrogen) atoms. The second-order valence-electron chi connectivity index (χ2n) is 7.42. The van der Waals surface area contributed by atoms with Gasteiger partial charge in [0.2, 0.25) is 15.9 Å². The van der Waals surface area contributed by atoms with Gasteiger partial charge in [-0.15, -0.1) is 11.3 Å². The largest absolute Gasteiger partial charge is 0.360 e. The molecule has 10 heteroatoms. The predicted octanol–water partition coefficient (Wildman–Crippen LogP) is 3.71. The van der Waals surface area contributed by atoms with Crippen molar-refractivity contribution in [3.63, 3.8) is 0 Å². The molecule has 0 saturated carbocycles. The summed E-state index contributed by atoms with van der Waals surface area (Å²) in [6.07, 6.45) is 3.24. The number of carbonyl (C=O) groups is 1. The fourth-order valence-corrected chi connectivity index (χ4v) is 6.22. The summed E-state index contributed by atoms with van der Waals surface area (Å²) in [5.74, 6) is -0.188. The Labute approximate surface area is 189 Å². The predicted molar refractivity (Wildman–Crippen MR) is 120 cm³/mol. The lowest BCUT2D eigenvalue weighted by atomic mass is 10.2. The molecule has 1 aliphatic heterocycles. The number of sulfonamides is 1. The van der Waals surface area contributed by atoms with Crippen LogP contribution in [0.1, 0.15) is 16.3 Å². The van der Waals surface area contributed by atoms with Gasteiger partial charge in [-0.1, -0.05) is 17.3 Å². The summed E-state index contributed by atoms with van der Waals surface area (Å²) in [5.41, 5.74) is 1.25. The minimum absolute atomic E-state index is 0.104. The van der Waals surface area contributed by atoms with Crippen molar-refractivity contribution in [2.24, 2.45) is 0 Å². The van der Waals surface area contributed by atoms with E-state index in [1.807, 2.05) is 12.1 Å². The van der Waals surface area contributed by atoms with E-state index in [0.29, 0.717) is 18.8 Å². The van der Waals surface area contributed by atoms with Crippen LogP contribution in [0.3, 0.4) is 0 Å². The van der Waals surface area contributed by atoms with Crippen LogP contribution < -0.4 is 0 Å². The van der Waals surface area contributed by atoms with Gasteiger partial charge in [0.25, 0.3) is 0 Å². The number of carbonyl (C=O) groups excluding carboxylic acids is 1. The fraction of sp³-hybridized carbons (Fsp3) is 0.273. The van der Waals surface area contributed by atoms with Crippen molar-refractivity contribution in [3.8, 4) is 10.4 Å². The molecule has 1 amide bonds. The van der Waals surface area contributed by atoms with Gasteiger partial charge in [0.1, 0.15) is 16.4 Å². The molecule has 1 aliphatic rings.